The summed E-state index contributed by atoms with van der Waals surface area (Å²) in [6.07, 6.45) is 6.54. The van der Waals surface area contributed by atoms with E-state index in [-0.39, 0.29) is 17.2 Å². The van der Waals surface area contributed by atoms with Crippen LogP contribution in [0.3, 0.4) is 0 Å². The molecule has 0 radical (unpaired) electrons. The fourth-order valence-electron chi connectivity index (χ4n) is 3.57. The molecule has 2 aliphatic carbocycles. The Morgan fingerprint density at radius 2 is 1.81 bits per heavy atom. The molecule has 9 heteroatoms. The summed E-state index contributed by atoms with van der Waals surface area (Å²) in [5, 5.41) is 3.52. The first-order valence-electron chi connectivity index (χ1n) is 9.62. The van der Waals surface area contributed by atoms with Gasteiger partial charge in [0, 0.05) is 18.5 Å². The smallest absolute Gasteiger partial charge is 0.330 e. The lowest BCUT2D eigenvalue weighted by Gasteiger charge is -2.15. The predicted molar refractivity (Wildman–Crippen MR) is 101 cm³/mol. The van der Waals surface area contributed by atoms with Gasteiger partial charge in [0.25, 0.3) is 5.56 Å². The summed E-state index contributed by atoms with van der Waals surface area (Å²) >= 11 is 1.34. The van der Waals surface area contributed by atoms with E-state index in [1.165, 1.54) is 11.8 Å². The number of carbonyl (C=O) groups is 1. The van der Waals surface area contributed by atoms with Gasteiger partial charge in [0.2, 0.25) is 5.91 Å². The molecule has 142 valence electrons. The summed E-state index contributed by atoms with van der Waals surface area (Å²) in [5.41, 5.74) is -0.441. The highest BCUT2D eigenvalue weighted by atomic mass is 32.2. The molecule has 1 aliphatic heterocycles. The van der Waals surface area contributed by atoms with Crippen LogP contribution >= 0.6 is 11.8 Å². The largest absolute Gasteiger partial charge is 0.355 e. The first-order chi connectivity index (χ1) is 13.1. The Morgan fingerprint density at radius 1 is 1.00 bits per heavy atom. The summed E-state index contributed by atoms with van der Waals surface area (Å²) in [6, 6.07) is 0.0952. The fraction of sp³-hybridized carbons (Fsp3) is 0.611. The molecule has 0 bridgehead atoms. The SMILES string of the molecule is O=C1NCCCCC1Sc1nc(C2CC2)nc2c1c(=O)[nH]c(=O)n2C1CC1. The summed E-state index contributed by atoms with van der Waals surface area (Å²) < 4.78 is 1.61. The molecule has 0 aromatic carbocycles. The zero-order valence-electron chi connectivity index (χ0n) is 14.9. The second-order valence-corrected chi connectivity index (χ2v) is 8.81. The number of hydrogen-bond acceptors (Lipinski definition) is 6. The second-order valence-electron chi connectivity index (χ2n) is 7.61. The maximum absolute atomic E-state index is 12.6. The standard InChI is InChI=1S/C18H21N5O3S/c24-15-11(3-1-2-8-19-15)27-17-12-14(20-13(21-17)9-4-5-9)23(10-6-7-10)18(26)22-16(12)25/h9-11H,1-8H2,(H,19,24)(H,22,25,26). The Hall–Kier alpha value is -2.16. The van der Waals surface area contributed by atoms with Gasteiger partial charge in [0.1, 0.15) is 16.2 Å². The highest BCUT2D eigenvalue weighted by molar-refractivity contribution is 8.00. The topological polar surface area (TPSA) is 110 Å². The van der Waals surface area contributed by atoms with E-state index >= 15 is 0 Å². The summed E-state index contributed by atoms with van der Waals surface area (Å²) in [7, 11) is 0. The molecule has 2 saturated carbocycles. The van der Waals surface area contributed by atoms with Crippen molar-refractivity contribution in [1.82, 2.24) is 24.8 Å². The van der Waals surface area contributed by atoms with Crippen molar-refractivity contribution in [2.45, 2.75) is 67.2 Å². The molecule has 3 heterocycles. The van der Waals surface area contributed by atoms with Crippen LogP contribution in [0, 0.1) is 0 Å². The van der Waals surface area contributed by atoms with Crippen molar-refractivity contribution in [2.75, 3.05) is 6.54 Å². The predicted octanol–water partition coefficient (Wildman–Crippen LogP) is 1.45. The van der Waals surface area contributed by atoms with Crippen LogP contribution in [0.2, 0.25) is 0 Å². The lowest BCUT2D eigenvalue weighted by atomic mass is 10.2. The van der Waals surface area contributed by atoms with Crippen molar-refractivity contribution < 1.29 is 4.79 Å². The van der Waals surface area contributed by atoms with Crippen LogP contribution in [0.1, 0.15) is 62.7 Å². The molecule has 3 fully saturated rings. The molecule has 8 nitrogen and oxygen atoms in total. The maximum Gasteiger partial charge on any atom is 0.330 e. The highest BCUT2D eigenvalue weighted by Gasteiger charge is 2.33. The quantitative estimate of drug-likeness (QED) is 0.769. The number of rotatable bonds is 4. The third-order valence-electron chi connectivity index (χ3n) is 5.36. The monoisotopic (exact) mass is 387 g/mol. The number of carbonyl (C=O) groups excluding carboxylic acids is 1. The van der Waals surface area contributed by atoms with Gasteiger partial charge in [-0.25, -0.2) is 14.8 Å². The normalized spacial score (nSPS) is 23.3. The Bertz CT molecular complexity index is 1040. The molecule has 5 rings (SSSR count). The molecule has 1 atom stereocenters. The van der Waals surface area contributed by atoms with E-state index in [0.717, 1.165) is 44.9 Å². The summed E-state index contributed by atoms with van der Waals surface area (Å²) in [4.78, 5) is 49.2. The zero-order valence-corrected chi connectivity index (χ0v) is 15.7. The van der Waals surface area contributed by atoms with E-state index < -0.39 is 11.2 Å². The Labute approximate surface area is 159 Å². The van der Waals surface area contributed by atoms with Gasteiger partial charge in [0.15, 0.2) is 5.65 Å². The van der Waals surface area contributed by atoms with Crippen LogP contribution in [0.4, 0.5) is 0 Å². The molecule has 3 aliphatic rings. The van der Waals surface area contributed by atoms with Crippen molar-refractivity contribution in [3.05, 3.63) is 26.7 Å². The number of fused-ring (bicyclic) bond motifs is 1. The van der Waals surface area contributed by atoms with Crippen molar-refractivity contribution >= 4 is 28.7 Å². The van der Waals surface area contributed by atoms with Crippen molar-refractivity contribution in [3.63, 3.8) is 0 Å². The average Bonchev–Trinajstić information content (AvgIpc) is 3.50. The lowest BCUT2D eigenvalue weighted by molar-refractivity contribution is -0.120. The minimum atomic E-state index is -0.467. The van der Waals surface area contributed by atoms with Crippen molar-refractivity contribution in [3.8, 4) is 0 Å². The van der Waals surface area contributed by atoms with Gasteiger partial charge in [0.05, 0.1) is 5.25 Å². The van der Waals surface area contributed by atoms with Gasteiger partial charge < -0.3 is 5.32 Å². The number of amides is 1. The van der Waals surface area contributed by atoms with E-state index in [1.807, 2.05) is 0 Å². The van der Waals surface area contributed by atoms with Gasteiger partial charge in [-0.2, -0.15) is 0 Å². The van der Waals surface area contributed by atoms with Crippen LogP contribution < -0.4 is 16.6 Å². The second kappa shape index (κ2) is 6.47. The van der Waals surface area contributed by atoms with Crippen LogP contribution in [-0.4, -0.2) is 37.2 Å². The Balaban J connectivity index is 1.68. The number of aromatic nitrogens is 4. The molecule has 0 spiro atoms. The third-order valence-corrected chi connectivity index (χ3v) is 6.61. The molecule has 1 saturated heterocycles. The maximum atomic E-state index is 12.6. The number of H-pyrrole nitrogens is 1. The van der Waals surface area contributed by atoms with Crippen LogP contribution in [-0.2, 0) is 4.79 Å². The van der Waals surface area contributed by atoms with E-state index in [1.54, 1.807) is 4.57 Å². The van der Waals surface area contributed by atoms with Gasteiger partial charge in [-0.1, -0.05) is 18.2 Å². The first kappa shape index (κ1) is 17.0. The van der Waals surface area contributed by atoms with Gasteiger partial charge in [-0.15, -0.1) is 0 Å². The molecular formula is C18H21N5O3S. The first-order valence-corrected chi connectivity index (χ1v) is 10.5. The van der Waals surface area contributed by atoms with Gasteiger partial charge in [-0.3, -0.25) is 19.1 Å². The Kier molecular flexibility index (Phi) is 4.07. The molecule has 1 amide bonds. The van der Waals surface area contributed by atoms with E-state index in [0.29, 0.717) is 34.3 Å². The summed E-state index contributed by atoms with van der Waals surface area (Å²) in [6.45, 7) is 0.690. The molecule has 2 aromatic heterocycles. The third kappa shape index (κ3) is 3.18. The van der Waals surface area contributed by atoms with Gasteiger partial charge in [-0.05, 0) is 38.5 Å². The molecule has 27 heavy (non-hydrogen) atoms. The minimum absolute atomic E-state index is 0.0100. The van der Waals surface area contributed by atoms with Crippen LogP contribution in [0.25, 0.3) is 11.0 Å². The number of thioether (sulfide) groups is 1. The number of nitrogens with one attached hydrogen (secondary N) is 2. The van der Waals surface area contributed by atoms with Crippen LogP contribution in [0.15, 0.2) is 14.6 Å². The van der Waals surface area contributed by atoms with Crippen LogP contribution in [0.5, 0.6) is 0 Å². The van der Waals surface area contributed by atoms with Gasteiger partial charge >= 0.3 is 5.69 Å². The average molecular weight is 387 g/mol. The van der Waals surface area contributed by atoms with E-state index in [9.17, 15) is 14.4 Å². The number of aromatic amines is 1. The molecule has 2 N–H and O–H groups in total. The molecule has 2 aromatic rings. The van der Waals surface area contributed by atoms with E-state index in [2.05, 4.69) is 20.3 Å². The molecular weight excluding hydrogens is 366 g/mol. The molecule has 1 unspecified atom stereocenters. The van der Waals surface area contributed by atoms with Crippen molar-refractivity contribution in [2.24, 2.45) is 0 Å². The zero-order chi connectivity index (χ0) is 18.5. The lowest BCUT2D eigenvalue weighted by Crippen LogP contribution is -2.32. The fourth-order valence-corrected chi connectivity index (χ4v) is 4.77. The minimum Gasteiger partial charge on any atom is -0.355 e. The highest BCUT2D eigenvalue weighted by Crippen LogP contribution is 2.41. The Morgan fingerprint density at radius 3 is 2.56 bits per heavy atom. The van der Waals surface area contributed by atoms with E-state index in [4.69, 9.17) is 0 Å². The number of nitrogens with zero attached hydrogens (tertiary/aromatic N) is 3. The number of hydrogen-bond donors (Lipinski definition) is 2. The summed E-state index contributed by atoms with van der Waals surface area (Å²) in [5.74, 6) is 0.973. The van der Waals surface area contributed by atoms with Crippen molar-refractivity contribution in [1.29, 1.82) is 0 Å².